The van der Waals surface area contributed by atoms with E-state index in [-0.39, 0.29) is 0 Å². The van der Waals surface area contributed by atoms with Crippen LogP contribution in [0.5, 0.6) is 5.75 Å². The summed E-state index contributed by atoms with van der Waals surface area (Å²) in [6.45, 7) is 7.14. The van der Waals surface area contributed by atoms with E-state index in [1.54, 1.807) is 0 Å². The number of hydrogen-bond donors (Lipinski definition) is 2. The van der Waals surface area contributed by atoms with Crippen LogP contribution in [0.4, 0.5) is 0 Å². The van der Waals surface area contributed by atoms with Gasteiger partial charge in [-0.1, -0.05) is 18.6 Å². The first-order valence-corrected chi connectivity index (χ1v) is 7.27. The number of rotatable bonds is 4. The van der Waals surface area contributed by atoms with E-state index in [1.165, 1.54) is 24.8 Å². The molecular formula is C16H26N2O. The topological polar surface area (TPSA) is 35.5 Å². The van der Waals surface area contributed by atoms with Crippen LogP contribution in [-0.2, 0) is 6.54 Å². The van der Waals surface area contributed by atoms with E-state index in [2.05, 4.69) is 29.4 Å². The molecule has 1 aromatic rings. The maximum atomic E-state index is 9.80. The molecule has 2 rings (SSSR count). The van der Waals surface area contributed by atoms with Crippen LogP contribution < -0.4 is 5.32 Å². The number of nitrogens with zero attached hydrogens (tertiary/aromatic N) is 1. The van der Waals surface area contributed by atoms with Gasteiger partial charge in [0.25, 0.3) is 0 Å². The Labute approximate surface area is 116 Å². The Morgan fingerprint density at radius 2 is 1.95 bits per heavy atom. The Hall–Kier alpha value is -1.06. The molecule has 1 aromatic carbocycles. The van der Waals surface area contributed by atoms with E-state index in [1.807, 2.05) is 13.8 Å². The third kappa shape index (κ3) is 3.95. The van der Waals surface area contributed by atoms with Crippen LogP contribution in [0.25, 0.3) is 0 Å². The number of hydrogen-bond acceptors (Lipinski definition) is 3. The van der Waals surface area contributed by atoms with Gasteiger partial charge in [0, 0.05) is 19.1 Å². The summed E-state index contributed by atoms with van der Waals surface area (Å²) >= 11 is 0. The Kier molecular flexibility index (Phi) is 4.83. The van der Waals surface area contributed by atoms with Crippen molar-refractivity contribution in [3.8, 4) is 5.75 Å². The Morgan fingerprint density at radius 1 is 1.26 bits per heavy atom. The second-order valence-electron chi connectivity index (χ2n) is 5.92. The number of nitrogens with one attached hydrogen (secondary N) is 1. The highest BCUT2D eigenvalue weighted by atomic mass is 16.3. The number of likely N-dealkylation sites (N-methyl/N-ethyl adjacent to an activating group) is 1. The number of phenols is 1. The van der Waals surface area contributed by atoms with Crippen LogP contribution in [0.2, 0.25) is 0 Å². The molecule has 0 aromatic heterocycles. The molecule has 1 unspecified atom stereocenters. The number of piperidine rings is 1. The summed E-state index contributed by atoms with van der Waals surface area (Å²) in [6.07, 6.45) is 3.96. The first kappa shape index (κ1) is 14.4. The fraction of sp³-hybridized carbons (Fsp3) is 0.625. The summed E-state index contributed by atoms with van der Waals surface area (Å²) in [5.41, 5.74) is 3.23. The lowest BCUT2D eigenvalue weighted by Crippen LogP contribution is -2.42. The molecule has 0 spiro atoms. The van der Waals surface area contributed by atoms with Crippen LogP contribution >= 0.6 is 0 Å². The molecule has 1 fully saturated rings. The zero-order valence-corrected chi connectivity index (χ0v) is 12.4. The van der Waals surface area contributed by atoms with E-state index in [0.717, 1.165) is 30.8 Å². The van der Waals surface area contributed by atoms with Crippen molar-refractivity contribution < 1.29 is 5.11 Å². The van der Waals surface area contributed by atoms with Gasteiger partial charge in [-0.25, -0.2) is 0 Å². The predicted molar refractivity (Wildman–Crippen MR) is 79.6 cm³/mol. The van der Waals surface area contributed by atoms with Gasteiger partial charge >= 0.3 is 0 Å². The maximum absolute atomic E-state index is 9.80. The van der Waals surface area contributed by atoms with Crippen LogP contribution in [0.1, 0.15) is 36.0 Å². The lowest BCUT2D eigenvalue weighted by atomic mass is 10.0. The van der Waals surface area contributed by atoms with E-state index in [9.17, 15) is 5.11 Å². The second-order valence-corrected chi connectivity index (χ2v) is 5.92. The Bertz CT molecular complexity index is 402. The van der Waals surface area contributed by atoms with Crippen LogP contribution in [-0.4, -0.2) is 36.2 Å². The molecule has 1 saturated heterocycles. The summed E-state index contributed by atoms with van der Waals surface area (Å²) in [5.74, 6) is 0.431. The molecule has 0 aliphatic carbocycles. The molecule has 3 nitrogen and oxygen atoms in total. The molecule has 2 N–H and O–H groups in total. The van der Waals surface area contributed by atoms with Crippen molar-refractivity contribution in [2.75, 3.05) is 20.1 Å². The van der Waals surface area contributed by atoms with Crippen molar-refractivity contribution >= 4 is 0 Å². The molecule has 1 atom stereocenters. The first-order chi connectivity index (χ1) is 9.06. The van der Waals surface area contributed by atoms with Gasteiger partial charge in [0.15, 0.2) is 0 Å². The van der Waals surface area contributed by atoms with Crippen LogP contribution in [0.3, 0.4) is 0 Å². The average Bonchev–Trinajstić information content (AvgIpc) is 2.37. The third-order valence-corrected chi connectivity index (χ3v) is 3.95. The second kappa shape index (κ2) is 6.40. The molecule has 0 radical (unpaired) electrons. The minimum atomic E-state index is 0.431. The highest BCUT2D eigenvalue weighted by Gasteiger charge is 2.15. The van der Waals surface area contributed by atoms with Crippen LogP contribution in [0.15, 0.2) is 12.1 Å². The fourth-order valence-corrected chi connectivity index (χ4v) is 2.97. The number of benzene rings is 1. The van der Waals surface area contributed by atoms with Crippen LogP contribution in [0, 0.1) is 13.8 Å². The van der Waals surface area contributed by atoms with E-state index < -0.39 is 0 Å². The number of aromatic hydroxyl groups is 1. The van der Waals surface area contributed by atoms with Gasteiger partial charge in [-0.05, 0) is 57.0 Å². The summed E-state index contributed by atoms with van der Waals surface area (Å²) in [4.78, 5) is 2.37. The summed E-state index contributed by atoms with van der Waals surface area (Å²) < 4.78 is 0. The highest BCUT2D eigenvalue weighted by Crippen LogP contribution is 2.23. The van der Waals surface area contributed by atoms with Gasteiger partial charge in [0.2, 0.25) is 0 Å². The summed E-state index contributed by atoms with van der Waals surface area (Å²) in [6, 6.07) is 4.82. The van der Waals surface area contributed by atoms with Crippen molar-refractivity contribution in [3.05, 3.63) is 28.8 Å². The number of aryl methyl sites for hydroxylation is 2. The Balaban J connectivity index is 1.92. The lowest BCUT2D eigenvalue weighted by molar-refractivity contribution is 0.256. The molecule has 19 heavy (non-hydrogen) atoms. The van der Waals surface area contributed by atoms with Gasteiger partial charge in [0.05, 0.1) is 0 Å². The Morgan fingerprint density at radius 3 is 2.53 bits per heavy atom. The van der Waals surface area contributed by atoms with Gasteiger partial charge in [-0.15, -0.1) is 0 Å². The van der Waals surface area contributed by atoms with Crippen molar-refractivity contribution in [2.24, 2.45) is 0 Å². The minimum Gasteiger partial charge on any atom is -0.507 e. The molecule has 3 heteroatoms. The maximum Gasteiger partial charge on any atom is 0.121 e. The molecule has 1 aliphatic heterocycles. The first-order valence-electron chi connectivity index (χ1n) is 7.27. The molecule has 0 amide bonds. The van der Waals surface area contributed by atoms with Gasteiger partial charge in [-0.3, -0.25) is 0 Å². The van der Waals surface area contributed by atoms with Gasteiger partial charge in [-0.2, -0.15) is 0 Å². The molecule has 0 saturated carbocycles. The summed E-state index contributed by atoms with van der Waals surface area (Å²) in [5, 5.41) is 13.4. The molecule has 1 heterocycles. The van der Waals surface area contributed by atoms with Crippen molar-refractivity contribution in [1.82, 2.24) is 10.2 Å². The largest absolute Gasteiger partial charge is 0.507 e. The molecule has 0 bridgehead atoms. The predicted octanol–water partition coefficient (Wildman–Crippen LogP) is 2.58. The highest BCUT2D eigenvalue weighted by molar-refractivity contribution is 5.42. The van der Waals surface area contributed by atoms with E-state index >= 15 is 0 Å². The van der Waals surface area contributed by atoms with Gasteiger partial charge in [0.1, 0.15) is 5.75 Å². The van der Waals surface area contributed by atoms with E-state index in [4.69, 9.17) is 0 Å². The SMILES string of the molecule is Cc1cc(CN(C)CC2CCCCN2)cc(C)c1O. The smallest absolute Gasteiger partial charge is 0.121 e. The molecular weight excluding hydrogens is 236 g/mol. The number of phenolic OH excluding ortho intramolecular Hbond substituents is 1. The average molecular weight is 262 g/mol. The van der Waals surface area contributed by atoms with Crippen molar-refractivity contribution in [1.29, 1.82) is 0 Å². The zero-order valence-electron chi connectivity index (χ0n) is 12.4. The van der Waals surface area contributed by atoms with Crippen molar-refractivity contribution in [3.63, 3.8) is 0 Å². The molecule has 1 aliphatic rings. The molecule has 106 valence electrons. The monoisotopic (exact) mass is 262 g/mol. The lowest BCUT2D eigenvalue weighted by Gasteiger charge is -2.28. The fourth-order valence-electron chi connectivity index (χ4n) is 2.97. The van der Waals surface area contributed by atoms with Gasteiger partial charge < -0.3 is 15.3 Å². The van der Waals surface area contributed by atoms with E-state index in [0.29, 0.717) is 11.8 Å². The summed E-state index contributed by atoms with van der Waals surface area (Å²) in [7, 11) is 2.17. The normalized spacial score (nSPS) is 19.9. The quantitative estimate of drug-likeness (QED) is 0.875. The minimum absolute atomic E-state index is 0.431. The standard InChI is InChI=1S/C16H26N2O/c1-12-8-14(9-13(2)16(12)19)10-18(3)11-15-6-4-5-7-17-15/h8-9,15,17,19H,4-7,10-11H2,1-3H3. The third-order valence-electron chi connectivity index (χ3n) is 3.95. The van der Waals surface area contributed by atoms with Crippen molar-refractivity contribution in [2.45, 2.75) is 45.7 Å². The zero-order chi connectivity index (χ0) is 13.8.